The van der Waals surface area contributed by atoms with E-state index in [9.17, 15) is 4.79 Å². The van der Waals surface area contributed by atoms with Gasteiger partial charge in [-0.3, -0.25) is 14.6 Å². The lowest BCUT2D eigenvalue weighted by atomic mass is 10.1. The van der Waals surface area contributed by atoms with E-state index in [1.807, 2.05) is 31.4 Å². The summed E-state index contributed by atoms with van der Waals surface area (Å²) >= 11 is 0. The van der Waals surface area contributed by atoms with Crippen LogP contribution in [0, 0.1) is 0 Å². The van der Waals surface area contributed by atoms with Gasteiger partial charge < -0.3 is 10.2 Å². The highest BCUT2D eigenvalue weighted by Crippen LogP contribution is 2.45. The molecule has 26 heavy (non-hydrogen) atoms. The highest BCUT2D eigenvalue weighted by molar-refractivity contribution is 6.06. The van der Waals surface area contributed by atoms with Crippen LogP contribution >= 0.6 is 0 Å². The molecule has 3 aromatic heterocycles. The number of hydrogen-bond donors (Lipinski definition) is 1. The van der Waals surface area contributed by atoms with Gasteiger partial charge in [-0.15, -0.1) is 0 Å². The lowest BCUT2D eigenvalue weighted by molar-refractivity contribution is 0.252. The van der Waals surface area contributed by atoms with Crippen LogP contribution in [-0.4, -0.2) is 38.5 Å². The third-order valence-electron chi connectivity index (χ3n) is 4.81. The van der Waals surface area contributed by atoms with E-state index in [0.29, 0.717) is 11.5 Å². The van der Waals surface area contributed by atoms with Gasteiger partial charge in [0.15, 0.2) is 5.82 Å². The molecule has 8 heteroatoms. The normalized spacial score (nSPS) is 17.5. The van der Waals surface area contributed by atoms with E-state index in [2.05, 4.69) is 20.3 Å². The van der Waals surface area contributed by atoms with E-state index < -0.39 is 0 Å². The summed E-state index contributed by atoms with van der Waals surface area (Å²) in [5.74, 6) is 0.690. The molecule has 0 radical (unpaired) electrons. The van der Waals surface area contributed by atoms with E-state index in [1.54, 1.807) is 34.2 Å². The topological polar surface area (TPSA) is 79.2 Å². The Bertz CT molecular complexity index is 984. The van der Waals surface area contributed by atoms with E-state index >= 15 is 0 Å². The summed E-state index contributed by atoms with van der Waals surface area (Å²) in [5, 5.41) is 7.12. The summed E-state index contributed by atoms with van der Waals surface area (Å²) < 4.78 is 1.74. The molecule has 2 aliphatic rings. The van der Waals surface area contributed by atoms with Crippen molar-refractivity contribution in [2.75, 3.05) is 21.7 Å². The predicted octanol–water partition coefficient (Wildman–Crippen LogP) is 2.47. The lowest BCUT2D eigenvalue weighted by Gasteiger charge is -2.39. The summed E-state index contributed by atoms with van der Waals surface area (Å²) in [7, 11) is 1.87. The number of aromatic nitrogens is 4. The molecule has 5 heterocycles. The molecule has 3 aromatic rings. The zero-order valence-electron chi connectivity index (χ0n) is 14.2. The first-order valence-electron chi connectivity index (χ1n) is 8.48. The van der Waals surface area contributed by atoms with Crippen LogP contribution < -0.4 is 15.1 Å². The molecule has 2 amide bonds. The number of urea groups is 1. The summed E-state index contributed by atoms with van der Waals surface area (Å²) in [6, 6.07) is 7.44. The van der Waals surface area contributed by atoms with Crippen LogP contribution in [0.2, 0.25) is 0 Å². The highest BCUT2D eigenvalue weighted by atomic mass is 16.2. The number of amides is 2. The second-order valence-corrected chi connectivity index (χ2v) is 6.45. The second-order valence-electron chi connectivity index (χ2n) is 6.45. The predicted molar refractivity (Wildman–Crippen MR) is 97.9 cm³/mol. The molecular formula is C18H17N7O. The molecule has 0 unspecified atom stereocenters. The number of carbonyl (C=O) groups is 1. The maximum Gasteiger partial charge on any atom is 0.329 e. The van der Waals surface area contributed by atoms with Crippen LogP contribution in [0.4, 0.5) is 22.0 Å². The Morgan fingerprint density at radius 2 is 2.19 bits per heavy atom. The van der Waals surface area contributed by atoms with Crippen LogP contribution in [0.5, 0.6) is 0 Å². The Balaban J connectivity index is 1.51. The molecule has 0 aliphatic carbocycles. The summed E-state index contributed by atoms with van der Waals surface area (Å²) in [5.41, 5.74) is 3.39. The Kier molecular flexibility index (Phi) is 3.18. The molecule has 8 nitrogen and oxygen atoms in total. The molecule has 1 atom stereocenters. The van der Waals surface area contributed by atoms with Crippen molar-refractivity contribution < 1.29 is 4.79 Å². The van der Waals surface area contributed by atoms with Crippen LogP contribution in [0.3, 0.4) is 0 Å². The summed E-state index contributed by atoms with van der Waals surface area (Å²) in [6.07, 6.45) is 7.96. The molecule has 130 valence electrons. The minimum atomic E-state index is -0.192. The average Bonchev–Trinajstić information content (AvgIpc) is 3.14. The van der Waals surface area contributed by atoms with Crippen molar-refractivity contribution in [3.05, 3.63) is 49.1 Å². The van der Waals surface area contributed by atoms with Crippen LogP contribution in [0.25, 0.3) is 11.3 Å². The maximum absolute atomic E-state index is 12.9. The number of hydrogen-bond acceptors (Lipinski definition) is 5. The molecule has 5 rings (SSSR count). The first-order chi connectivity index (χ1) is 12.7. The minimum Gasteiger partial charge on any atom is -0.347 e. The van der Waals surface area contributed by atoms with Gasteiger partial charge in [0.1, 0.15) is 6.17 Å². The molecule has 1 fully saturated rings. The SMILES string of the molecule is Cn1cc(-c2ccc3c(n2)N(C(=O)Nc2cccnc2)[C@H]2CCN32)cn1. The van der Waals surface area contributed by atoms with E-state index in [1.165, 1.54) is 0 Å². The van der Waals surface area contributed by atoms with Gasteiger partial charge in [0.25, 0.3) is 0 Å². The third kappa shape index (κ3) is 2.22. The smallest absolute Gasteiger partial charge is 0.329 e. The van der Waals surface area contributed by atoms with Crippen molar-refractivity contribution in [2.24, 2.45) is 7.05 Å². The van der Waals surface area contributed by atoms with Crippen molar-refractivity contribution in [1.29, 1.82) is 0 Å². The zero-order valence-corrected chi connectivity index (χ0v) is 14.2. The third-order valence-corrected chi connectivity index (χ3v) is 4.81. The first kappa shape index (κ1) is 14.9. The number of rotatable bonds is 2. The molecule has 1 N–H and O–H groups in total. The average molecular weight is 347 g/mol. The van der Waals surface area contributed by atoms with Gasteiger partial charge >= 0.3 is 6.03 Å². The molecule has 0 spiro atoms. The Morgan fingerprint density at radius 1 is 1.27 bits per heavy atom. The number of fused-ring (bicyclic) bond motifs is 3. The Morgan fingerprint density at radius 3 is 2.88 bits per heavy atom. The molecule has 1 saturated heterocycles. The van der Waals surface area contributed by atoms with Gasteiger partial charge in [-0.1, -0.05) is 0 Å². The van der Waals surface area contributed by atoms with Gasteiger partial charge in [0.2, 0.25) is 0 Å². The largest absolute Gasteiger partial charge is 0.347 e. The van der Waals surface area contributed by atoms with Gasteiger partial charge in [-0.2, -0.15) is 5.10 Å². The van der Waals surface area contributed by atoms with Gasteiger partial charge in [0.05, 0.1) is 29.5 Å². The first-order valence-corrected chi connectivity index (χ1v) is 8.48. The molecular weight excluding hydrogens is 330 g/mol. The number of carbonyl (C=O) groups excluding carboxylic acids is 1. The van der Waals surface area contributed by atoms with Crippen LogP contribution in [0.15, 0.2) is 49.1 Å². The van der Waals surface area contributed by atoms with Gasteiger partial charge in [0, 0.05) is 38.0 Å². The quantitative estimate of drug-likeness (QED) is 0.770. The van der Waals surface area contributed by atoms with Crippen molar-refractivity contribution in [2.45, 2.75) is 12.6 Å². The van der Waals surface area contributed by atoms with E-state index in [4.69, 9.17) is 4.98 Å². The van der Waals surface area contributed by atoms with Crippen LogP contribution in [0.1, 0.15) is 6.42 Å². The standard InChI is InChI=1S/C18H17N7O/c1-23-11-12(9-20-23)14-4-5-15-17(22-14)25(16-6-8-24(15)16)18(26)21-13-3-2-7-19-10-13/h2-5,7,9-11,16H,6,8H2,1H3,(H,21,26)/t16-/m0/s1. The number of nitrogens with zero attached hydrogens (tertiary/aromatic N) is 6. The summed E-state index contributed by atoms with van der Waals surface area (Å²) in [6.45, 7) is 0.933. The lowest BCUT2D eigenvalue weighted by Crippen LogP contribution is -2.56. The molecule has 2 aliphatic heterocycles. The van der Waals surface area contributed by atoms with Crippen molar-refractivity contribution in [3.63, 3.8) is 0 Å². The van der Waals surface area contributed by atoms with Crippen molar-refractivity contribution >= 4 is 23.2 Å². The second kappa shape index (κ2) is 5.55. The highest BCUT2D eigenvalue weighted by Gasteiger charge is 2.46. The fourth-order valence-electron chi connectivity index (χ4n) is 3.47. The fraction of sp³-hybridized carbons (Fsp3) is 0.222. The van der Waals surface area contributed by atoms with Crippen molar-refractivity contribution in [3.8, 4) is 11.3 Å². The fourth-order valence-corrected chi connectivity index (χ4v) is 3.47. The van der Waals surface area contributed by atoms with E-state index in [-0.39, 0.29) is 12.2 Å². The Hall–Kier alpha value is -3.42. The number of pyridine rings is 2. The maximum atomic E-state index is 12.9. The minimum absolute atomic E-state index is 0.0262. The zero-order chi connectivity index (χ0) is 17.7. The van der Waals surface area contributed by atoms with Gasteiger partial charge in [-0.25, -0.2) is 9.78 Å². The van der Waals surface area contributed by atoms with E-state index in [0.717, 1.165) is 29.9 Å². The number of aryl methyl sites for hydroxylation is 1. The van der Waals surface area contributed by atoms with Crippen LogP contribution in [-0.2, 0) is 7.05 Å². The molecule has 0 bridgehead atoms. The number of anilines is 3. The summed E-state index contributed by atoms with van der Waals surface area (Å²) in [4.78, 5) is 25.7. The number of nitrogens with one attached hydrogen (secondary N) is 1. The molecule has 0 aromatic carbocycles. The van der Waals surface area contributed by atoms with Crippen molar-refractivity contribution in [1.82, 2.24) is 19.7 Å². The molecule has 0 saturated carbocycles. The monoisotopic (exact) mass is 347 g/mol. The Labute approximate surface area is 150 Å². The van der Waals surface area contributed by atoms with Gasteiger partial charge in [-0.05, 0) is 24.3 Å².